The number of hydrazone groups is 1. The van der Waals surface area contributed by atoms with Crippen molar-refractivity contribution in [2.45, 2.75) is 10.9 Å². The molecular weight excluding hydrogens is 374 g/mol. The fourth-order valence-electron chi connectivity index (χ4n) is 1.82. The van der Waals surface area contributed by atoms with Gasteiger partial charge in [-0.15, -0.1) is 10.2 Å². The van der Waals surface area contributed by atoms with Crippen LogP contribution in [0.2, 0.25) is 0 Å². The maximum absolute atomic E-state index is 11.7. The Morgan fingerprint density at radius 2 is 2.15 bits per heavy atom. The summed E-state index contributed by atoms with van der Waals surface area (Å²) in [4.78, 5) is 11.7. The van der Waals surface area contributed by atoms with Crippen molar-refractivity contribution in [2.24, 2.45) is 5.10 Å². The van der Waals surface area contributed by atoms with Gasteiger partial charge in [0.2, 0.25) is 5.13 Å². The lowest BCUT2D eigenvalue weighted by atomic mass is 10.3. The zero-order valence-corrected chi connectivity index (χ0v) is 15.1. The van der Waals surface area contributed by atoms with Gasteiger partial charge in [0.1, 0.15) is 23.9 Å². The van der Waals surface area contributed by atoms with E-state index in [1.165, 1.54) is 29.3 Å². The van der Waals surface area contributed by atoms with Crippen LogP contribution in [0.3, 0.4) is 0 Å². The highest BCUT2D eigenvalue weighted by molar-refractivity contribution is 8.01. The van der Waals surface area contributed by atoms with E-state index in [1.54, 1.807) is 12.1 Å². The number of thioether (sulfide) groups is 1. The van der Waals surface area contributed by atoms with Gasteiger partial charge in [0.15, 0.2) is 4.34 Å². The van der Waals surface area contributed by atoms with Crippen LogP contribution in [-0.2, 0) is 11.4 Å². The molecule has 0 aliphatic rings. The van der Waals surface area contributed by atoms with Gasteiger partial charge in [-0.05, 0) is 24.3 Å². The molecule has 0 saturated heterocycles. The number of rotatable bonds is 8. The second-order valence-electron chi connectivity index (χ2n) is 4.89. The molecule has 0 fully saturated rings. The Morgan fingerprint density at radius 3 is 2.92 bits per heavy atom. The third-order valence-electron chi connectivity index (χ3n) is 2.94. The number of carbonyl (C=O) groups excluding carboxylic acids is 1. The molecule has 1 amide bonds. The van der Waals surface area contributed by atoms with Crippen LogP contribution >= 0.6 is 23.1 Å². The van der Waals surface area contributed by atoms with Gasteiger partial charge in [-0.25, -0.2) is 5.43 Å². The van der Waals surface area contributed by atoms with E-state index in [-0.39, 0.29) is 11.7 Å². The Kier molecular flexibility index (Phi) is 6.23. The summed E-state index contributed by atoms with van der Waals surface area (Å²) in [5.74, 6) is 1.84. The minimum Gasteiger partial charge on any atom is -0.486 e. The SMILES string of the molecule is Nc1nnc(SCC(=O)N/N=C\c2ccc(COc3ccccc3)o2)s1. The molecule has 2 aromatic heterocycles. The number of furan rings is 1. The van der Waals surface area contributed by atoms with Crippen molar-refractivity contribution in [2.75, 3.05) is 11.5 Å². The predicted octanol–water partition coefficient (Wildman–Crippen LogP) is 2.53. The normalized spacial score (nSPS) is 10.9. The summed E-state index contributed by atoms with van der Waals surface area (Å²) in [6.07, 6.45) is 1.43. The minimum absolute atomic E-state index is 0.167. The van der Waals surface area contributed by atoms with Gasteiger partial charge in [0, 0.05) is 0 Å². The number of benzene rings is 1. The molecule has 2 heterocycles. The number of hydrogen-bond acceptors (Lipinski definition) is 9. The first-order valence-electron chi connectivity index (χ1n) is 7.49. The summed E-state index contributed by atoms with van der Waals surface area (Å²) < 4.78 is 11.8. The quantitative estimate of drug-likeness (QED) is 0.345. The Hall–Kier alpha value is -2.85. The van der Waals surface area contributed by atoms with Crippen LogP contribution in [0.1, 0.15) is 11.5 Å². The lowest BCUT2D eigenvalue weighted by molar-refractivity contribution is -0.118. The molecule has 0 bridgehead atoms. The van der Waals surface area contributed by atoms with E-state index in [1.807, 2.05) is 30.3 Å². The van der Waals surface area contributed by atoms with Crippen LogP contribution in [0.5, 0.6) is 5.75 Å². The largest absolute Gasteiger partial charge is 0.486 e. The molecule has 0 saturated carbocycles. The molecule has 10 heteroatoms. The lowest BCUT2D eigenvalue weighted by Gasteiger charge is -2.02. The number of amides is 1. The van der Waals surface area contributed by atoms with Gasteiger partial charge in [-0.2, -0.15) is 5.10 Å². The number of nitrogens with zero attached hydrogens (tertiary/aromatic N) is 3. The molecular formula is C16H15N5O3S2. The van der Waals surface area contributed by atoms with Crippen molar-refractivity contribution in [3.63, 3.8) is 0 Å². The van der Waals surface area contributed by atoms with Gasteiger partial charge < -0.3 is 14.9 Å². The number of hydrogen-bond donors (Lipinski definition) is 2. The molecule has 3 aromatic rings. The first-order valence-corrected chi connectivity index (χ1v) is 9.29. The second-order valence-corrected chi connectivity index (χ2v) is 7.13. The van der Waals surface area contributed by atoms with Gasteiger partial charge in [0.05, 0.1) is 12.0 Å². The first kappa shape index (κ1) is 18.0. The van der Waals surface area contributed by atoms with E-state index in [9.17, 15) is 4.79 Å². The number of para-hydroxylation sites is 1. The summed E-state index contributed by atoms with van der Waals surface area (Å²) in [5, 5.41) is 11.7. The molecule has 0 aliphatic carbocycles. The van der Waals surface area contributed by atoms with Crippen LogP contribution in [0.25, 0.3) is 0 Å². The number of aromatic nitrogens is 2. The summed E-state index contributed by atoms with van der Waals surface area (Å²) in [5.41, 5.74) is 7.89. The van der Waals surface area contributed by atoms with Gasteiger partial charge in [0.25, 0.3) is 5.91 Å². The van der Waals surface area contributed by atoms with Crippen molar-refractivity contribution >= 4 is 40.4 Å². The molecule has 3 rings (SSSR count). The van der Waals surface area contributed by atoms with Crippen LogP contribution < -0.4 is 15.9 Å². The Morgan fingerprint density at radius 1 is 1.31 bits per heavy atom. The van der Waals surface area contributed by atoms with Gasteiger partial charge in [-0.3, -0.25) is 4.79 Å². The van der Waals surface area contributed by atoms with Crippen molar-refractivity contribution in [1.29, 1.82) is 0 Å². The number of nitrogen functional groups attached to an aromatic ring is 1. The minimum atomic E-state index is -0.265. The summed E-state index contributed by atoms with van der Waals surface area (Å²) in [6.45, 7) is 0.311. The standard InChI is InChI=1S/C16H15N5O3S2/c17-15-20-21-16(26-15)25-10-14(22)19-18-8-12-6-7-13(24-12)9-23-11-4-2-1-3-5-11/h1-8H,9-10H2,(H2,17,20)(H,19,22)/b18-8-. The predicted molar refractivity (Wildman–Crippen MR) is 100 cm³/mol. The maximum Gasteiger partial charge on any atom is 0.250 e. The molecule has 0 atom stereocenters. The zero-order chi connectivity index (χ0) is 18.2. The summed E-state index contributed by atoms with van der Waals surface area (Å²) >= 11 is 2.47. The third-order valence-corrected chi connectivity index (χ3v) is 4.82. The van der Waals surface area contributed by atoms with E-state index >= 15 is 0 Å². The molecule has 0 aliphatic heterocycles. The highest BCUT2D eigenvalue weighted by atomic mass is 32.2. The fourth-order valence-corrected chi connectivity index (χ4v) is 3.25. The molecule has 26 heavy (non-hydrogen) atoms. The summed E-state index contributed by atoms with van der Waals surface area (Å²) in [7, 11) is 0. The number of nitrogens with one attached hydrogen (secondary N) is 1. The first-order chi connectivity index (χ1) is 12.7. The molecule has 0 radical (unpaired) electrons. The van der Waals surface area contributed by atoms with Gasteiger partial charge >= 0.3 is 0 Å². The monoisotopic (exact) mass is 389 g/mol. The maximum atomic E-state index is 11.7. The summed E-state index contributed by atoms with van der Waals surface area (Å²) in [6, 6.07) is 13.0. The number of anilines is 1. The van der Waals surface area contributed by atoms with E-state index < -0.39 is 0 Å². The molecule has 8 nitrogen and oxygen atoms in total. The molecule has 134 valence electrons. The number of nitrogens with two attached hydrogens (primary N) is 1. The van der Waals surface area contributed by atoms with Gasteiger partial charge in [-0.1, -0.05) is 41.3 Å². The van der Waals surface area contributed by atoms with Crippen molar-refractivity contribution in [3.05, 3.63) is 54.0 Å². The van der Waals surface area contributed by atoms with Crippen LogP contribution in [0, 0.1) is 0 Å². The van der Waals surface area contributed by atoms with Crippen molar-refractivity contribution in [3.8, 4) is 5.75 Å². The Balaban J connectivity index is 1.41. The van der Waals surface area contributed by atoms with Crippen molar-refractivity contribution in [1.82, 2.24) is 15.6 Å². The molecule has 0 unspecified atom stereocenters. The average Bonchev–Trinajstić information content (AvgIpc) is 3.28. The highest BCUT2D eigenvalue weighted by Gasteiger charge is 2.06. The molecule has 3 N–H and O–H groups in total. The smallest absolute Gasteiger partial charge is 0.250 e. The number of carbonyl (C=O) groups is 1. The zero-order valence-electron chi connectivity index (χ0n) is 13.5. The van der Waals surface area contributed by atoms with E-state index in [4.69, 9.17) is 14.9 Å². The fraction of sp³-hybridized carbons (Fsp3) is 0.125. The third kappa shape index (κ3) is 5.60. The van der Waals surface area contributed by atoms with Crippen LogP contribution in [0.15, 0.2) is 56.3 Å². The molecule has 0 spiro atoms. The van der Waals surface area contributed by atoms with Crippen LogP contribution in [0.4, 0.5) is 5.13 Å². The lowest BCUT2D eigenvalue weighted by Crippen LogP contribution is -2.19. The average molecular weight is 389 g/mol. The van der Waals surface area contributed by atoms with Crippen LogP contribution in [-0.4, -0.2) is 28.1 Å². The van der Waals surface area contributed by atoms with E-state index in [0.717, 1.165) is 5.75 Å². The Bertz CT molecular complexity index is 879. The van der Waals surface area contributed by atoms with E-state index in [0.29, 0.717) is 27.6 Å². The topological polar surface area (TPSA) is 116 Å². The Labute approximate surface area is 157 Å². The number of ether oxygens (including phenoxy) is 1. The second kappa shape index (κ2) is 9.02. The van der Waals surface area contributed by atoms with Crippen molar-refractivity contribution < 1.29 is 13.9 Å². The molecule has 1 aromatic carbocycles. The van der Waals surface area contributed by atoms with E-state index in [2.05, 4.69) is 20.7 Å². The highest BCUT2D eigenvalue weighted by Crippen LogP contribution is 2.22.